The van der Waals surface area contributed by atoms with Crippen molar-refractivity contribution in [1.82, 2.24) is 9.88 Å². The van der Waals surface area contributed by atoms with E-state index in [9.17, 15) is 19.2 Å². The Morgan fingerprint density at radius 2 is 1.64 bits per heavy atom. The van der Waals surface area contributed by atoms with Crippen LogP contribution in [0.3, 0.4) is 0 Å². The number of carbonyl (C=O) groups is 4. The summed E-state index contributed by atoms with van der Waals surface area (Å²) in [6.45, 7) is 4.25. The van der Waals surface area contributed by atoms with Gasteiger partial charge in [0.1, 0.15) is 5.69 Å². The fourth-order valence-corrected chi connectivity index (χ4v) is 3.03. The fourth-order valence-electron chi connectivity index (χ4n) is 3.03. The van der Waals surface area contributed by atoms with Gasteiger partial charge in [0.15, 0.2) is 12.5 Å². The van der Waals surface area contributed by atoms with E-state index in [2.05, 4.69) is 4.98 Å². The maximum atomic E-state index is 12.3. The molecule has 0 aliphatic carbocycles. The zero-order valence-corrected chi connectivity index (χ0v) is 14.0. The molecule has 0 atom stereocenters. The van der Waals surface area contributed by atoms with Crippen LogP contribution in [0.25, 0.3) is 0 Å². The Kier molecular flexibility index (Phi) is 4.00. The highest BCUT2D eigenvalue weighted by Gasteiger charge is 2.36. The molecule has 0 unspecified atom stereocenters. The van der Waals surface area contributed by atoms with E-state index in [1.807, 2.05) is 0 Å². The predicted octanol–water partition coefficient (Wildman–Crippen LogP) is 2.24. The van der Waals surface area contributed by atoms with E-state index in [4.69, 9.17) is 4.74 Å². The number of H-pyrrole nitrogens is 1. The molecule has 0 saturated carbocycles. The molecule has 2 amide bonds. The van der Waals surface area contributed by atoms with Crippen LogP contribution in [0.2, 0.25) is 0 Å². The third-order valence-corrected chi connectivity index (χ3v) is 4.20. The Hall–Kier alpha value is -3.22. The molecule has 0 bridgehead atoms. The van der Waals surface area contributed by atoms with Crippen molar-refractivity contribution in [2.45, 2.75) is 20.8 Å². The molecule has 0 fully saturated rings. The van der Waals surface area contributed by atoms with E-state index in [0.717, 1.165) is 4.90 Å². The standard InChI is InChI=1S/C18H16N2O5/c1-9-14(11(3)21)10(2)19-15(9)18(24)25-8-20-16(22)12-6-4-5-7-13(12)17(20)23/h4-7,19H,8H2,1-3H3. The molecule has 1 N–H and O–H groups in total. The van der Waals surface area contributed by atoms with Gasteiger partial charge in [0.2, 0.25) is 0 Å². The highest BCUT2D eigenvalue weighted by atomic mass is 16.5. The molecule has 7 heteroatoms. The number of aryl methyl sites for hydroxylation is 1. The van der Waals surface area contributed by atoms with Crippen molar-refractivity contribution < 1.29 is 23.9 Å². The van der Waals surface area contributed by atoms with Crippen LogP contribution in [-0.4, -0.2) is 40.2 Å². The number of aromatic nitrogens is 1. The Bertz CT molecular complexity index is 891. The van der Waals surface area contributed by atoms with Gasteiger partial charge in [-0.05, 0) is 38.5 Å². The number of ether oxygens (including phenoxy) is 1. The van der Waals surface area contributed by atoms with E-state index in [-0.39, 0.29) is 22.6 Å². The van der Waals surface area contributed by atoms with Crippen LogP contribution >= 0.6 is 0 Å². The first-order valence-electron chi connectivity index (χ1n) is 7.65. The number of rotatable bonds is 4. The zero-order chi connectivity index (χ0) is 18.3. The number of fused-ring (bicyclic) bond motifs is 1. The molecule has 1 aromatic carbocycles. The van der Waals surface area contributed by atoms with Crippen LogP contribution in [-0.2, 0) is 4.74 Å². The van der Waals surface area contributed by atoms with Crippen LogP contribution in [0.5, 0.6) is 0 Å². The Labute approximate surface area is 143 Å². The molecule has 0 saturated heterocycles. The summed E-state index contributed by atoms with van der Waals surface area (Å²) in [7, 11) is 0. The summed E-state index contributed by atoms with van der Waals surface area (Å²) >= 11 is 0. The lowest BCUT2D eigenvalue weighted by atomic mass is 10.1. The molecular formula is C18H16N2O5. The average Bonchev–Trinajstić information content (AvgIpc) is 3.00. The molecule has 0 radical (unpaired) electrons. The van der Waals surface area contributed by atoms with E-state index in [1.165, 1.54) is 6.92 Å². The lowest BCUT2D eigenvalue weighted by molar-refractivity contribution is 0.0223. The SMILES string of the molecule is CC(=O)c1c(C)[nH]c(C(=O)OCN2C(=O)c3ccccc3C2=O)c1C. The molecule has 2 heterocycles. The normalized spacial score (nSPS) is 13.2. The summed E-state index contributed by atoms with van der Waals surface area (Å²) in [6.07, 6.45) is 0. The van der Waals surface area contributed by atoms with Gasteiger partial charge in [-0.1, -0.05) is 12.1 Å². The number of esters is 1. The van der Waals surface area contributed by atoms with Gasteiger partial charge in [0.25, 0.3) is 11.8 Å². The molecule has 0 spiro atoms. The predicted molar refractivity (Wildman–Crippen MR) is 87.5 cm³/mol. The number of Topliss-reactive ketones (excluding diaryl/α,β-unsaturated/α-hetero) is 1. The number of carbonyl (C=O) groups excluding carboxylic acids is 4. The molecule has 7 nitrogen and oxygen atoms in total. The summed E-state index contributed by atoms with van der Waals surface area (Å²) in [5.41, 5.74) is 2.20. The molecule has 25 heavy (non-hydrogen) atoms. The maximum Gasteiger partial charge on any atom is 0.356 e. The lowest BCUT2D eigenvalue weighted by Crippen LogP contribution is -2.33. The second-order valence-corrected chi connectivity index (χ2v) is 5.83. The third kappa shape index (κ3) is 2.63. The van der Waals surface area contributed by atoms with Crippen molar-refractivity contribution in [3.63, 3.8) is 0 Å². The number of aromatic amines is 1. The summed E-state index contributed by atoms with van der Waals surface area (Å²) in [5.74, 6) is -1.90. The summed E-state index contributed by atoms with van der Waals surface area (Å²) in [4.78, 5) is 52.1. The number of amides is 2. The number of nitrogens with one attached hydrogen (secondary N) is 1. The molecular weight excluding hydrogens is 324 g/mol. The number of nitrogens with zero attached hydrogens (tertiary/aromatic N) is 1. The first kappa shape index (κ1) is 16.6. The second-order valence-electron chi connectivity index (χ2n) is 5.83. The lowest BCUT2D eigenvalue weighted by Gasteiger charge is -2.13. The molecule has 2 aromatic rings. The van der Waals surface area contributed by atoms with Crippen molar-refractivity contribution in [3.05, 3.63) is 57.9 Å². The number of ketones is 1. The molecule has 128 valence electrons. The minimum absolute atomic E-state index is 0.138. The van der Waals surface area contributed by atoms with Crippen LogP contribution in [0.1, 0.15) is 59.7 Å². The second kappa shape index (κ2) is 6.01. The van der Waals surface area contributed by atoms with Gasteiger partial charge in [-0.3, -0.25) is 14.4 Å². The van der Waals surface area contributed by atoms with Gasteiger partial charge in [-0.2, -0.15) is 0 Å². The average molecular weight is 340 g/mol. The first-order valence-corrected chi connectivity index (χ1v) is 7.65. The first-order chi connectivity index (χ1) is 11.8. The quantitative estimate of drug-likeness (QED) is 0.523. The van der Waals surface area contributed by atoms with Crippen molar-refractivity contribution in [1.29, 1.82) is 0 Å². The monoisotopic (exact) mass is 340 g/mol. The van der Waals surface area contributed by atoms with Gasteiger partial charge in [0.05, 0.1) is 11.1 Å². The minimum atomic E-state index is -0.732. The number of imide groups is 1. The third-order valence-electron chi connectivity index (χ3n) is 4.20. The van der Waals surface area contributed by atoms with Crippen LogP contribution in [0, 0.1) is 13.8 Å². The van der Waals surface area contributed by atoms with Gasteiger partial charge in [-0.25, -0.2) is 9.69 Å². The Balaban J connectivity index is 1.76. The van der Waals surface area contributed by atoms with Crippen molar-refractivity contribution in [3.8, 4) is 0 Å². The van der Waals surface area contributed by atoms with E-state index >= 15 is 0 Å². The van der Waals surface area contributed by atoms with E-state index in [1.54, 1.807) is 38.1 Å². The molecule has 1 aliphatic heterocycles. The Morgan fingerprint density at radius 1 is 1.08 bits per heavy atom. The van der Waals surface area contributed by atoms with Crippen molar-refractivity contribution in [2.24, 2.45) is 0 Å². The van der Waals surface area contributed by atoms with E-state index < -0.39 is 24.5 Å². The number of benzene rings is 1. The van der Waals surface area contributed by atoms with Crippen LogP contribution < -0.4 is 0 Å². The molecule has 1 aromatic heterocycles. The summed E-state index contributed by atoms with van der Waals surface area (Å²) < 4.78 is 5.12. The highest BCUT2D eigenvalue weighted by Crippen LogP contribution is 2.23. The van der Waals surface area contributed by atoms with Gasteiger partial charge < -0.3 is 9.72 Å². The maximum absolute atomic E-state index is 12.3. The van der Waals surface area contributed by atoms with Gasteiger partial charge in [-0.15, -0.1) is 0 Å². The molecule has 3 rings (SSSR count). The number of hydrogen-bond acceptors (Lipinski definition) is 5. The van der Waals surface area contributed by atoms with Gasteiger partial charge >= 0.3 is 5.97 Å². The summed E-state index contributed by atoms with van der Waals surface area (Å²) in [5, 5.41) is 0. The largest absolute Gasteiger partial charge is 0.439 e. The van der Waals surface area contributed by atoms with Crippen LogP contribution in [0.15, 0.2) is 24.3 Å². The van der Waals surface area contributed by atoms with Crippen molar-refractivity contribution in [2.75, 3.05) is 6.73 Å². The highest BCUT2D eigenvalue weighted by molar-refractivity contribution is 6.21. The zero-order valence-electron chi connectivity index (χ0n) is 14.0. The Morgan fingerprint density at radius 3 is 2.12 bits per heavy atom. The number of hydrogen-bond donors (Lipinski definition) is 1. The van der Waals surface area contributed by atoms with Crippen molar-refractivity contribution >= 4 is 23.6 Å². The fraction of sp³-hybridized carbons (Fsp3) is 0.222. The smallest absolute Gasteiger partial charge is 0.356 e. The minimum Gasteiger partial charge on any atom is -0.439 e. The topological polar surface area (TPSA) is 96.5 Å². The summed E-state index contributed by atoms with van der Waals surface area (Å²) in [6, 6.07) is 6.42. The van der Waals surface area contributed by atoms with Crippen LogP contribution in [0.4, 0.5) is 0 Å². The molecule has 1 aliphatic rings. The van der Waals surface area contributed by atoms with Gasteiger partial charge in [0, 0.05) is 11.3 Å². The van der Waals surface area contributed by atoms with E-state index in [0.29, 0.717) is 16.8 Å².